The van der Waals surface area contributed by atoms with Crippen LogP contribution in [0.15, 0.2) is 45.6 Å². The maximum atomic E-state index is 14.0. The van der Waals surface area contributed by atoms with Crippen LogP contribution in [0.4, 0.5) is 0 Å². The summed E-state index contributed by atoms with van der Waals surface area (Å²) in [7, 11) is 0. The predicted octanol–water partition coefficient (Wildman–Crippen LogP) is -2.64. The molecule has 0 bridgehead atoms. The Balaban J connectivity index is 1.38. The van der Waals surface area contributed by atoms with Gasteiger partial charge in [-0.2, -0.15) is 0 Å². The first-order valence-corrected chi connectivity index (χ1v) is 15.1. The third-order valence-electron chi connectivity index (χ3n) is 8.68. The fraction of sp³-hybridized carbons (Fsp3) is 0.516. The van der Waals surface area contributed by atoms with Crippen molar-refractivity contribution in [2.45, 2.75) is 80.2 Å². The van der Waals surface area contributed by atoms with Gasteiger partial charge in [0.2, 0.25) is 23.8 Å². The van der Waals surface area contributed by atoms with Gasteiger partial charge in [-0.25, -0.2) is 0 Å². The number of phenolic OH excluding ortho intramolecular Hbond substituents is 2. The average Bonchev–Trinajstić information content (AvgIpc) is 3.54. The lowest BCUT2D eigenvalue weighted by Crippen LogP contribution is -2.58. The first-order valence-electron chi connectivity index (χ1n) is 15.1. The highest BCUT2D eigenvalue weighted by Crippen LogP contribution is 2.39. The zero-order valence-corrected chi connectivity index (χ0v) is 25.7. The largest absolute Gasteiger partial charge is 0.508 e. The van der Waals surface area contributed by atoms with Gasteiger partial charge in [0.1, 0.15) is 70.4 Å². The van der Waals surface area contributed by atoms with Crippen LogP contribution in [0.3, 0.4) is 0 Å². The van der Waals surface area contributed by atoms with Gasteiger partial charge in [0.05, 0.1) is 25.9 Å². The molecule has 3 aromatic rings. The van der Waals surface area contributed by atoms with Gasteiger partial charge in [-0.3, -0.25) is 4.79 Å². The van der Waals surface area contributed by atoms with E-state index in [1.807, 2.05) is 0 Å². The summed E-state index contributed by atoms with van der Waals surface area (Å²) in [6.45, 7) is -0.683. The summed E-state index contributed by atoms with van der Waals surface area (Å²) < 4.78 is 39.7. The maximum Gasteiger partial charge on any atom is 0.239 e. The third kappa shape index (κ3) is 6.42. The van der Waals surface area contributed by atoms with E-state index in [0.29, 0.717) is 0 Å². The van der Waals surface area contributed by atoms with Crippen molar-refractivity contribution < 1.29 is 83.9 Å². The Morgan fingerprint density at radius 1 is 0.878 bits per heavy atom. The van der Waals surface area contributed by atoms with Gasteiger partial charge >= 0.3 is 0 Å². The van der Waals surface area contributed by atoms with Crippen molar-refractivity contribution in [1.29, 1.82) is 0 Å². The van der Waals surface area contributed by atoms with Crippen molar-refractivity contribution in [3.8, 4) is 34.3 Å². The van der Waals surface area contributed by atoms with E-state index in [4.69, 9.17) is 32.8 Å². The van der Waals surface area contributed by atoms with Crippen molar-refractivity contribution in [1.82, 2.24) is 0 Å². The molecule has 10 N–H and O–H groups in total. The van der Waals surface area contributed by atoms with E-state index in [1.165, 1.54) is 37.3 Å². The Morgan fingerprint density at radius 3 is 2.24 bits per heavy atom. The van der Waals surface area contributed by atoms with Crippen LogP contribution in [0.1, 0.15) is 6.92 Å². The highest BCUT2D eigenvalue weighted by Gasteiger charge is 2.54. The molecule has 0 amide bonds. The summed E-state index contributed by atoms with van der Waals surface area (Å²) in [5, 5.41) is 102. The topological polar surface area (TPSA) is 288 Å². The summed E-state index contributed by atoms with van der Waals surface area (Å²) in [4.78, 5) is 14.0. The molecule has 6 rings (SSSR count). The number of rotatable bonds is 9. The molecule has 4 heterocycles. The van der Waals surface area contributed by atoms with E-state index in [-0.39, 0.29) is 28.4 Å². The molecule has 3 fully saturated rings. The normalized spacial score (nSPS) is 36.3. The second kappa shape index (κ2) is 13.6. The van der Waals surface area contributed by atoms with Crippen LogP contribution in [0.2, 0.25) is 0 Å². The van der Waals surface area contributed by atoms with E-state index in [2.05, 4.69) is 0 Å². The molecule has 1 aromatic heterocycles. The molecule has 2 aromatic carbocycles. The molecular formula is C31H36O18. The van der Waals surface area contributed by atoms with Crippen molar-refractivity contribution in [3.05, 3.63) is 46.6 Å². The van der Waals surface area contributed by atoms with Gasteiger partial charge in [-0.05, 0) is 31.2 Å². The van der Waals surface area contributed by atoms with E-state index < -0.39 is 115 Å². The molecule has 0 spiro atoms. The highest BCUT2D eigenvalue weighted by molar-refractivity contribution is 5.88. The summed E-state index contributed by atoms with van der Waals surface area (Å²) in [6.07, 6.45) is -16.7. The Hall–Kier alpha value is -3.63. The Kier molecular flexibility index (Phi) is 9.76. The quantitative estimate of drug-likeness (QED) is 0.109. The van der Waals surface area contributed by atoms with Gasteiger partial charge in [0.25, 0.3) is 0 Å². The van der Waals surface area contributed by atoms with Gasteiger partial charge < -0.3 is 83.9 Å². The van der Waals surface area contributed by atoms with Crippen LogP contribution in [0.5, 0.6) is 23.0 Å². The van der Waals surface area contributed by atoms with Crippen LogP contribution >= 0.6 is 0 Å². The lowest BCUT2D eigenvalue weighted by molar-refractivity contribution is -0.268. The van der Waals surface area contributed by atoms with Crippen molar-refractivity contribution in [3.63, 3.8) is 0 Å². The number of aromatic hydroxyl groups is 2. The highest BCUT2D eigenvalue weighted by atomic mass is 16.8. The zero-order valence-electron chi connectivity index (χ0n) is 25.7. The fourth-order valence-corrected chi connectivity index (χ4v) is 5.75. The van der Waals surface area contributed by atoms with Crippen LogP contribution in [-0.4, -0.2) is 144 Å². The minimum atomic E-state index is -2.08. The SMILES string of the molecule is CC1OC(Oc2cc(O)c3c(=O)c(OC4OC(CO)C(O)C4OC4OCC(O)(CO)C4O)c(-c4ccc(O)cc4)oc3c2)C(O)C(O)C1O. The molecule has 12 atom stereocenters. The molecule has 3 aliphatic heterocycles. The Labute approximate surface area is 276 Å². The van der Waals surface area contributed by atoms with Crippen LogP contribution in [0.25, 0.3) is 22.3 Å². The standard InChI is InChI=1S/C31H36O18/c1-11-19(36)22(39)23(40)28(44-11)45-14-6-15(35)18-16(7-14)46-24(12-2-4-13(34)5-3-12)25(21(18)38)48-29-26(20(37)17(8-32)47-29)49-30-27(41)31(42,9-33)10-43-30/h2-7,11,17,19-20,22-23,26-30,32-37,39-42H,8-10H2,1H3. The molecule has 49 heavy (non-hydrogen) atoms. The predicted molar refractivity (Wildman–Crippen MR) is 159 cm³/mol. The van der Waals surface area contributed by atoms with Crippen LogP contribution < -0.4 is 14.9 Å². The number of ether oxygens (including phenoxy) is 6. The molecule has 0 saturated carbocycles. The summed E-state index contributed by atoms with van der Waals surface area (Å²) in [6, 6.07) is 7.51. The second-order valence-electron chi connectivity index (χ2n) is 12.1. The fourth-order valence-electron chi connectivity index (χ4n) is 5.75. The number of fused-ring (bicyclic) bond motifs is 1. The number of benzene rings is 2. The lowest BCUT2D eigenvalue weighted by Gasteiger charge is -2.38. The first kappa shape index (κ1) is 35.2. The molecular weight excluding hydrogens is 660 g/mol. The molecule has 18 nitrogen and oxygen atoms in total. The number of aliphatic hydroxyl groups is 8. The second-order valence-corrected chi connectivity index (χ2v) is 12.1. The van der Waals surface area contributed by atoms with E-state index in [9.17, 15) is 55.9 Å². The monoisotopic (exact) mass is 696 g/mol. The van der Waals surface area contributed by atoms with E-state index >= 15 is 0 Å². The number of phenols is 2. The summed E-state index contributed by atoms with van der Waals surface area (Å²) in [5.74, 6) is -1.83. The molecule has 0 aliphatic carbocycles. The molecule has 18 heteroatoms. The number of aliphatic hydroxyl groups excluding tert-OH is 7. The first-order chi connectivity index (χ1) is 23.3. The number of hydrogen-bond donors (Lipinski definition) is 10. The minimum Gasteiger partial charge on any atom is -0.508 e. The van der Waals surface area contributed by atoms with Gasteiger partial charge in [-0.1, -0.05) is 0 Å². The van der Waals surface area contributed by atoms with E-state index in [0.717, 1.165) is 6.07 Å². The molecule has 12 unspecified atom stereocenters. The maximum absolute atomic E-state index is 14.0. The smallest absolute Gasteiger partial charge is 0.239 e. The Bertz CT molecular complexity index is 1700. The van der Waals surface area contributed by atoms with Gasteiger partial charge in [0.15, 0.2) is 18.2 Å². The van der Waals surface area contributed by atoms with Crippen LogP contribution in [0, 0.1) is 0 Å². The lowest BCUT2D eigenvalue weighted by atomic mass is 10.00. The van der Waals surface area contributed by atoms with Crippen LogP contribution in [-0.2, 0) is 18.9 Å². The minimum absolute atomic E-state index is 0.130. The van der Waals surface area contributed by atoms with Gasteiger partial charge in [-0.15, -0.1) is 0 Å². The van der Waals surface area contributed by atoms with Crippen molar-refractivity contribution in [2.24, 2.45) is 0 Å². The molecule has 0 radical (unpaired) electrons. The molecule has 3 saturated heterocycles. The van der Waals surface area contributed by atoms with E-state index in [1.54, 1.807) is 0 Å². The van der Waals surface area contributed by atoms with Gasteiger partial charge in [0, 0.05) is 17.7 Å². The Morgan fingerprint density at radius 2 is 1.59 bits per heavy atom. The molecule has 3 aliphatic rings. The summed E-state index contributed by atoms with van der Waals surface area (Å²) in [5.41, 5.74) is -3.13. The third-order valence-corrected chi connectivity index (χ3v) is 8.68. The average molecular weight is 697 g/mol. The number of hydrogen-bond acceptors (Lipinski definition) is 18. The van der Waals surface area contributed by atoms with Crippen molar-refractivity contribution in [2.75, 3.05) is 19.8 Å². The zero-order chi connectivity index (χ0) is 35.4. The molecule has 268 valence electrons. The van der Waals surface area contributed by atoms with Crippen molar-refractivity contribution >= 4 is 11.0 Å². The summed E-state index contributed by atoms with van der Waals surface area (Å²) >= 11 is 0.